The lowest BCUT2D eigenvalue weighted by molar-refractivity contribution is -0.258. The molecule has 0 spiro atoms. The van der Waals surface area contributed by atoms with E-state index in [1.54, 1.807) is 53.6 Å². The molecule has 1 aromatic heterocycles. The summed E-state index contributed by atoms with van der Waals surface area (Å²) < 4.78 is 59.3. The molecule has 214 valence electrons. The second kappa shape index (κ2) is 15.0. The van der Waals surface area contributed by atoms with Crippen molar-refractivity contribution in [3.8, 4) is 0 Å². The summed E-state index contributed by atoms with van der Waals surface area (Å²) in [5.74, 6) is -0.178. The van der Waals surface area contributed by atoms with Crippen LogP contribution in [0.2, 0.25) is 0 Å². The molecule has 1 atom stereocenters. The predicted molar refractivity (Wildman–Crippen MR) is 151 cm³/mol. The molecule has 5 nitrogen and oxygen atoms in total. The number of morpholine rings is 1. The first-order chi connectivity index (χ1) is 18.6. The fourth-order valence-corrected chi connectivity index (χ4v) is 5.55. The van der Waals surface area contributed by atoms with Gasteiger partial charge in [0, 0.05) is 45.0 Å². The van der Waals surface area contributed by atoms with E-state index >= 15 is 0 Å². The van der Waals surface area contributed by atoms with Crippen LogP contribution < -0.4 is 4.90 Å². The van der Waals surface area contributed by atoms with E-state index in [2.05, 4.69) is 32.6 Å². The average Bonchev–Trinajstić information content (AvgIpc) is 3.43. The number of benzene rings is 2. The minimum Gasteiger partial charge on any atom is -0.379 e. The SMILES string of the molecule is CC(O)(c1ccc(N2CCN(Sc3cccs3)CC2)cc1)C(F)(F)F.CN1CCOCC1.Fc1ccccc1. The highest BCUT2D eigenvalue weighted by atomic mass is 32.2. The highest BCUT2D eigenvalue weighted by molar-refractivity contribution is 7.98. The zero-order chi connectivity index (χ0) is 28.3. The summed E-state index contributed by atoms with van der Waals surface area (Å²) in [6.45, 7) is 8.19. The Labute approximate surface area is 236 Å². The Balaban J connectivity index is 0.000000243. The summed E-state index contributed by atoms with van der Waals surface area (Å²) in [4.78, 5) is 4.42. The summed E-state index contributed by atoms with van der Waals surface area (Å²) >= 11 is 3.46. The van der Waals surface area contributed by atoms with Crippen LogP contribution in [-0.2, 0) is 10.3 Å². The van der Waals surface area contributed by atoms with Gasteiger partial charge in [-0.2, -0.15) is 13.2 Å². The van der Waals surface area contributed by atoms with E-state index in [9.17, 15) is 22.7 Å². The van der Waals surface area contributed by atoms with E-state index in [0.29, 0.717) is 0 Å². The van der Waals surface area contributed by atoms with Crippen molar-refractivity contribution in [3.05, 3.63) is 83.5 Å². The number of hydrogen-bond donors (Lipinski definition) is 1. The van der Waals surface area contributed by atoms with Gasteiger partial charge in [0.1, 0.15) is 5.82 Å². The van der Waals surface area contributed by atoms with E-state index in [-0.39, 0.29) is 11.4 Å². The smallest absolute Gasteiger partial charge is 0.379 e. The first-order valence-electron chi connectivity index (χ1n) is 12.6. The number of thiophene rings is 1. The Hall–Kier alpha value is -2.15. The number of alkyl halides is 3. The van der Waals surface area contributed by atoms with Crippen molar-refractivity contribution in [2.75, 3.05) is 64.4 Å². The predicted octanol–water partition coefficient (Wildman–Crippen LogP) is 6.12. The number of rotatable bonds is 4. The van der Waals surface area contributed by atoms with Gasteiger partial charge in [0.25, 0.3) is 0 Å². The minimum absolute atomic E-state index is 0.143. The van der Waals surface area contributed by atoms with E-state index in [1.807, 2.05) is 6.07 Å². The van der Waals surface area contributed by atoms with E-state index in [0.717, 1.165) is 65.1 Å². The molecule has 3 aromatic rings. The lowest BCUT2D eigenvalue weighted by atomic mass is 9.95. The molecule has 5 rings (SSSR count). The number of halogens is 4. The van der Waals surface area contributed by atoms with Crippen LogP contribution in [0.15, 0.2) is 76.3 Å². The van der Waals surface area contributed by atoms with Crippen LogP contribution in [-0.4, -0.2) is 80.0 Å². The zero-order valence-corrected chi connectivity index (χ0v) is 23.7. The molecule has 2 aliphatic heterocycles. The first kappa shape index (κ1) is 31.4. The summed E-state index contributed by atoms with van der Waals surface area (Å²) in [6.07, 6.45) is -4.70. The summed E-state index contributed by atoms with van der Waals surface area (Å²) in [5.41, 5.74) is -2.10. The standard InChI is InChI=1S/C17H19F3N2OS2.C6H5F.C5H11NO/c1-16(23,17(18,19)20)13-4-6-14(7-5-13)21-8-10-22(11-9-21)25-15-3-2-12-24-15;7-6-4-2-1-3-5-6;1-6-2-4-7-5-3-6/h2-7,12,23H,8-11H2,1H3;1-5H;2-5H2,1H3. The number of anilines is 1. The highest BCUT2D eigenvalue weighted by Crippen LogP contribution is 2.39. The fraction of sp³-hybridized carbons (Fsp3) is 0.429. The van der Waals surface area contributed by atoms with Crippen molar-refractivity contribution in [2.45, 2.75) is 22.9 Å². The molecule has 0 radical (unpaired) electrons. The molecule has 39 heavy (non-hydrogen) atoms. The molecule has 2 fully saturated rings. The van der Waals surface area contributed by atoms with Crippen molar-refractivity contribution >= 4 is 29.0 Å². The van der Waals surface area contributed by atoms with E-state index < -0.39 is 11.8 Å². The Morgan fingerprint density at radius 3 is 1.90 bits per heavy atom. The third-order valence-electron chi connectivity index (χ3n) is 6.27. The molecule has 2 saturated heterocycles. The zero-order valence-electron chi connectivity index (χ0n) is 22.1. The molecule has 0 bridgehead atoms. The molecule has 1 unspecified atom stereocenters. The molecule has 2 aliphatic rings. The number of hydrogen-bond acceptors (Lipinski definition) is 7. The van der Waals surface area contributed by atoms with Crippen molar-refractivity contribution in [2.24, 2.45) is 0 Å². The summed E-state index contributed by atoms with van der Waals surface area (Å²) in [6, 6.07) is 18.1. The van der Waals surface area contributed by atoms with Crippen LogP contribution in [0.4, 0.5) is 23.2 Å². The quantitative estimate of drug-likeness (QED) is 0.294. The number of piperazine rings is 1. The number of nitrogens with zero attached hydrogens (tertiary/aromatic N) is 3. The van der Waals surface area contributed by atoms with E-state index in [1.165, 1.54) is 28.5 Å². The van der Waals surface area contributed by atoms with Crippen molar-refractivity contribution < 1.29 is 27.4 Å². The van der Waals surface area contributed by atoms with Gasteiger partial charge in [-0.1, -0.05) is 36.4 Å². The van der Waals surface area contributed by atoms with Gasteiger partial charge in [0.2, 0.25) is 0 Å². The topological polar surface area (TPSA) is 39.2 Å². The summed E-state index contributed by atoms with van der Waals surface area (Å²) in [5, 5.41) is 11.8. The lowest BCUT2D eigenvalue weighted by Gasteiger charge is -2.35. The third kappa shape index (κ3) is 10.1. The average molecular weight is 586 g/mol. The second-order valence-corrected chi connectivity index (χ2v) is 11.6. The van der Waals surface area contributed by atoms with Crippen LogP contribution in [0.1, 0.15) is 12.5 Å². The van der Waals surface area contributed by atoms with Gasteiger partial charge in [-0.3, -0.25) is 0 Å². The number of aliphatic hydroxyl groups is 1. The van der Waals surface area contributed by atoms with Crippen LogP contribution in [0.25, 0.3) is 0 Å². The molecule has 2 aromatic carbocycles. The van der Waals surface area contributed by atoms with Crippen molar-refractivity contribution in [3.63, 3.8) is 0 Å². The largest absolute Gasteiger partial charge is 0.421 e. The Morgan fingerprint density at radius 2 is 1.46 bits per heavy atom. The molecule has 1 N–H and O–H groups in total. The first-order valence-corrected chi connectivity index (χ1v) is 14.3. The second-order valence-electron chi connectivity index (χ2n) is 9.27. The maximum atomic E-state index is 12.9. The van der Waals surface area contributed by atoms with Crippen molar-refractivity contribution in [1.29, 1.82) is 0 Å². The molecule has 0 saturated carbocycles. The van der Waals surface area contributed by atoms with Gasteiger partial charge in [-0.15, -0.1) is 11.3 Å². The normalized spacial score (nSPS) is 18.3. The Kier molecular flexibility index (Phi) is 12.1. The minimum atomic E-state index is -4.70. The van der Waals surface area contributed by atoms with Gasteiger partial charge in [-0.05, 0) is 67.2 Å². The van der Waals surface area contributed by atoms with Crippen LogP contribution in [0.5, 0.6) is 0 Å². The lowest BCUT2D eigenvalue weighted by Crippen LogP contribution is -2.43. The Morgan fingerprint density at radius 1 is 0.846 bits per heavy atom. The molecule has 0 amide bonds. The maximum absolute atomic E-state index is 12.9. The molecular formula is C28H35F4N3O2S2. The van der Waals surface area contributed by atoms with Gasteiger partial charge < -0.3 is 19.6 Å². The maximum Gasteiger partial charge on any atom is 0.421 e. The molecule has 0 aliphatic carbocycles. The monoisotopic (exact) mass is 585 g/mol. The fourth-order valence-electron chi connectivity index (χ4n) is 3.71. The van der Waals surface area contributed by atoms with Gasteiger partial charge in [0.05, 0.1) is 17.4 Å². The van der Waals surface area contributed by atoms with E-state index in [4.69, 9.17) is 4.74 Å². The number of ether oxygens (including phenoxy) is 1. The Bertz CT molecular complexity index is 1070. The van der Waals surface area contributed by atoms with Crippen LogP contribution >= 0.6 is 23.3 Å². The van der Waals surface area contributed by atoms with Crippen molar-refractivity contribution in [1.82, 2.24) is 9.21 Å². The molecule has 3 heterocycles. The molecule has 11 heteroatoms. The molecular weight excluding hydrogens is 550 g/mol. The third-order valence-corrected chi connectivity index (χ3v) is 8.38. The number of likely N-dealkylation sites (N-methyl/N-ethyl adjacent to an activating group) is 1. The highest BCUT2D eigenvalue weighted by Gasteiger charge is 2.51. The van der Waals surface area contributed by atoms with Crippen LogP contribution in [0, 0.1) is 5.82 Å². The van der Waals surface area contributed by atoms with Gasteiger partial charge >= 0.3 is 6.18 Å². The van der Waals surface area contributed by atoms with Gasteiger partial charge in [-0.25, -0.2) is 8.70 Å². The van der Waals surface area contributed by atoms with Gasteiger partial charge in [0.15, 0.2) is 5.60 Å². The summed E-state index contributed by atoms with van der Waals surface area (Å²) in [7, 11) is 2.11. The van der Waals surface area contributed by atoms with Crippen LogP contribution in [0.3, 0.4) is 0 Å².